The summed E-state index contributed by atoms with van der Waals surface area (Å²) in [6, 6.07) is 11.1. The average molecular weight is 376 g/mol. The largest absolute Gasteiger partial charge is 0.484 e. The molecule has 1 aliphatic carbocycles. The van der Waals surface area contributed by atoms with Crippen molar-refractivity contribution in [2.24, 2.45) is 0 Å². The molecule has 0 aliphatic heterocycles. The van der Waals surface area contributed by atoms with E-state index in [1.54, 1.807) is 25.1 Å². The molecule has 0 spiro atoms. The molecule has 1 aliphatic rings. The molecule has 4 aromatic rings. The zero-order chi connectivity index (χ0) is 19.1. The lowest BCUT2D eigenvalue weighted by Crippen LogP contribution is -2.20. The van der Waals surface area contributed by atoms with Gasteiger partial charge in [-0.05, 0) is 55.7 Å². The van der Waals surface area contributed by atoms with Crippen LogP contribution in [-0.4, -0.2) is 17.5 Å². The standard InChI is InChI=1S/C22H20N2O4/c1-13-23-18-10-14(6-8-21(18)27-13)24-22(25)12-26-15-7-9-20-17(11-15)16-4-2-3-5-19(16)28-20/h6-11H,2-5,12H2,1H3,(H,24,25). The highest BCUT2D eigenvalue weighted by atomic mass is 16.5. The first-order chi connectivity index (χ1) is 13.7. The summed E-state index contributed by atoms with van der Waals surface area (Å²) in [4.78, 5) is 16.6. The number of hydrogen-bond acceptors (Lipinski definition) is 5. The molecule has 6 heteroatoms. The van der Waals surface area contributed by atoms with Crippen molar-refractivity contribution in [3.63, 3.8) is 0 Å². The molecule has 0 radical (unpaired) electrons. The van der Waals surface area contributed by atoms with E-state index in [4.69, 9.17) is 13.6 Å². The lowest BCUT2D eigenvalue weighted by Gasteiger charge is -2.09. The number of hydrogen-bond donors (Lipinski definition) is 1. The molecule has 0 bridgehead atoms. The van der Waals surface area contributed by atoms with Gasteiger partial charge in [0.05, 0.1) is 0 Å². The summed E-state index contributed by atoms with van der Waals surface area (Å²) in [5.41, 5.74) is 4.25. The molecule has 5 rings (SSSR count). The van der Waals surface area contributed by atoms with Gasteiger partial charge in [0.25, 0.3) is 5.91 Å². The highest BCUT2D eigenvalue weighted by Gasteiger charge is 2.18. The molecule has 2 heterocycles. The van der Waals surface area contributed by atoms with Gasteiger partial charge >= 0.3 is 0 Å². The summed E-state index contributed by atoms with van der Waals surface area (Å²) in [6.07, 6.45) is 4.40. The van der Waals surface area contributed by atoms with Crippen LogP contribution in [-0.2, 0) is 17.6 Å². The molecule has 0 fully saturated rings. The SMILES string of the molecule is Cc1nc2cc(NC(=O)COc3ccc4oc5c(c4c3)CCCC5)ccc2o1. The Morgan fingerprint density at radius 1 is 1.11 bits per heavy atom. The average Bonchev–Trinajstić information content (AvgIpc) is 3.25. The first-order valence-electron chi connectivity index (χ1n) is 9.50. The molecule has 0 saturated carbocycles. The van der Waals surface area contributed by atoms with Crippen molar-refractivity contribution in [2.75, 3.05) is 11.9 Å². The molecule has 6 nitrogen and oxygen atoms in total. The predicted molar refractivity (Wildman–Crippen MR) is 106 cm³/mol. The maximum atomic E-state index is 12.3. The van der Waals surface area contributed by atoms with Crippen LogP contribution in [0.2, 0.25) is 0 Å². The highest BCUT2D eigenvalue weighted by molar-refractivity contribution is 5.94. The zero-order valence-corrected chi connectivity index (χ0v) is 15.6. The van der Waals surface area contributed by atoms with E-state index >= 15 is 0 Å². The number of oxazole rings is 1. The van der Waals surface area contributed by atoms with E-state index in [-0.39, 0.29) is 12.5 Å². The highest BCUT2D eigenvalue weighted by Crippen LogP contribution is 2.34. The van der Waals surface area contributed by atoms with Crippen molar-refractivity contribution in [3.8, 4) is 5.75 Å². The second-order valence-corrected chi connectivity index (χ2v) is 7.12. The molecule has 0 unspecified atom stereocenters. The first kappa shape index (κ1) is 16.9. The van der Waals surface area contributed by atoms with Crippen LogP contribution >= 0.6 is 0 Å². The number of furan rings is 1. The van der Waals surface area contributed by atoms with Crippen molar-refractivity contribution in [2.45, 2.75) is 32.6 Å². The Hall–Kier alpha value is -3.28. The second-order valence-electron chi connectivity index (χ2n) is 7.12. The van der Waals surface area contributed by atoms with Gasteiger partial charge in [0, 0.05) is 30.0 Å². The van der Waals surface area contributed by atoms with Crippen LogP contribution in [0.25, 0.3) is 22.1 Å². The topological polar surface area (TPSA) is 77.5 Å². The smallest absolute Gasteiger partial charge is 0.262 e. The Morgan fingerprint density at radius 2 is 1.96 bits per heavy atom. The molecular weight excluding hydrogens is 356 g/mol. The van der Waals surface area contributed by atoms with E-state index in [2.05, 4.69) is 10.3 Å². The van der Waals surface area contributed by atoms with E-state index < -0.39 is 0 Å². The fraction of sp³-hybridized carbons (Fsp3) is 0.273. The number of amides is 1. The minimum Gasteiger partial charge on any atom is -0.484 e. The van der Waals surface area contributed by atoms with Gasteiger partial charge in [-0.3, -0.25) is 4.79 Å². The van der Waals surface area contributed by atoms with Crippen LogP contribution < -0.4 is 10.1 Å². The normalized spacial score (nSPS) is 13.6. The number of fused-ring (bicyclic) bond motifs is 4. The lowest BCUT2D eigenvalue weighted by atomic mass is 9.96. The third kappa shape index (κ3) is 3.11. The predicted octanol–water partition coefficient (Wildman–Crippen LogP) is 4.78. The minimum absolute atomic E-state index is 0.0680. The molecule has 28 heavy (non-hydrogen) atoms. The third-order valence-electron chi connectivity index (χ3n) is 5.07. The molecule has 142 valence electrons. The van der Waals surface area contributed by atoms with Crippen LogP contribution in [0.1, 0.15) is 30.1 Å². The first-order valence-corrected chi connectivity index (χ1v) is 9.50. The van der Waals surface area contributed by atoms with Crippen molar-refractivity contribution < 1.29 is 18.4 Å². The number of carbonyl (C=O) groups excluding carboxylic acids is 1. The lowest BCUT2D eigenvalue weighted by molar-refractivity contribution is -0.118. The summed E-state index contributed by atoms with van der Waals surface area (Å²) >= 11 is 0. The maximum Gasteiger partial charge on any atom is 0.262 e. The Balaban J connectivity index is 1.27. The number of ether oxygens (including phenoxy) is 1. The third-order valence-corrected chi connectivity index (χ3v) is 5.07. The fourth-order valence-electron chi connectivity index (χ4n) is 3.80. The maximum absolute atomic E-state index is 12.3. The fourth-order valence-corrected chi connectivity index (χ4v) is 3.80. The Kier molecular flexibility index (Phi) is 4.04. The quantitative estimate of drug-likeness (QED) is 0.555. The molecule has 0 saturated heterocycles. The molecular formula is C22H20N2O4. The van der Waals surface area contributed by atoms with Gasteiger partial charge in [-0.1, -0.05) is 0 Å². The number of benzene rings is 2. The number of carbonyl (C=O) groups is 1. The summed E-state index contributed by atoms with van der Waals surface area (Å²) in [7, 11) is 0. The van der Waals surface area contributed by atoms with Gasteiger partial charge in [0.2, 0.25) is 0 Å². The number of nitrogens with one attached hydrogen (secondary N) is 1. The van der Waals surface area contributed by atoms with Gasteiger partial charge in [0.15, 0.2) is 18.1 Å². The molecule has 2 aromatic carbocycles. The summed E-state index contributed by atoms with van der Waals surface area (Å²) < 4.78 is 17.1. The van der Waals surface area contributed by atoms with E-state index in [1.807, 2.05) is 18.2 Å². The Labute approximate surface area is 161 Å². The number of anilines is 1. The number of rotatable bonds is 4. The minimum atomic E-state index is -0.228. The van der Waals surface area contributed by atoms with Crippen LogP contribution in [0.15, 0.2) is 45.2 Å². The van der Waals surface area contributed by atoms with Crippen molar-refractivity contribution in [1.82, 2.24) is 4.98 Å². The van der Waals surface area contributed by atoms with Gasteiger partial charge < -0.3 is 18.9 Å². The van der Waals surface area contributed by atoms with E-state index in [0.29, 0.717) is 28.4 Å². The number of aromatic nitrogens is 1. The molecule has 1 amide bonds. The van der Waals surface area contributed by atoms with Gasteiger partial charge in [0.1, 0.15) is 22.6 Å². The van der Waals surface area contributed by atoms with Crippen molar-refractivity contribution >= 4 is 33.7 Å². The van der Waals surface area contributed by atoms with Crippen LogP contribution in [0.4, 0.5) is 5.69 Å². The Morgan fingerprint density at radius 3 is 2.89 bits per heavy atom. The van der Waals surface area contributed by atoms with Gasteiger partial charge in [-0.15, -0.1) is 0 Å². The summed E-state index contributed by atoms with van der Waals surface area (Å²) in [5.74, 6) is 2.13. The number of aryl methyl sites for hydroxylation is 3. The summed E-state index contributed by atoms with van der Waals surface area (Å²) in [6.45, 7) is 1.72. The van der Waals surface area contributed by atoms with Crippen LogP contribution in [0.5, 0.6) is 5.75 Å². The monoisotopic (exact) mass is 376 g/mol. The van der Waals surface area contributed by atoms with E-state index in [0.717, 1.165) is 29.6 Å². The van der Waals surface area contributed by atoms with E-state index in [9.17, 15) is 4.79 Å². The van der Waals surface area contributed by atoms with Crippen molar-refractivity contribution in [1.29, 1.82) is 0 Å². The molecule has 2 aromatic heterocycles. The Bertz CT molecular complexity index is 1190. The van der Waals surface area contributed by atoms with E-state index in [1.165, 1.54) is 18.4 Å². The summed E-state index contributed by atoms with van der Waals surface area (Å²) in [5, 5.41) is 3.93. The van der Waals surface area contributed by atoms with Crippen molar-refractivity contribution in [3.05, 3.63) is 53.6 Å². The van der Waals surface area contributed by atoms with Gasteiger partial charge in [-0.25, -0.2) is 4.98 Å². The van der Waals surface area contributed by atoms with Gasteiger partial charge in [-0.2, -0.15) is 0 Å². The van der Waals surface area contributed by atoms with Crippen LogP contribution in [0, 0.1) is 6.92 Å². The van der Waals surface area contributed by atoms with Crippen LogP contribution in [0.3, 0.4) is 0 Å². The zero-order valence-electron chi connectivity index (χ0n) is 15.6. The number of nitrogens with zero attached hydrogens (tertiary/aromatic N) is 1. The second kappa shape index (κ2) is 6.71. The molecule has 1 N–H and O–H groups in total. The molecule has 0 atom stereocenters.